The predicted molar refractivity (Wildman–Crippen MR) is 88.4 cm³/mol. The summed E-state index contributed by atoms with van der Waals surface area (Å²) >= 11 is 0. The van der Waals surface area contributed by atoms with Gasteiger partial charge in [-0.1, -0.05) is 39.5 Å². The minimum Gasteiger partial charge on any atom is -0.357 e. The van der Waals surface area contributed by atoms with Gasteiger partial charge in [0.15, 0.2) is 5.96 Å². The molecule has 104 valence electrons. The van der Waals surface area contributed by atoms with Gasteiger partial charge in [0.05, 0.1) is 0 Å². The summed E-state index contributed by atoms with van der Waals surface area (Å²) in [6, 6.07) is 0. The summed E-state index contributed by atoms with van der Waals surface area (Å²) in [6.07, 6.45) is 7.56. The van der Waals surface area contributed by atoms with E-state index in [1.807, 2.05) is 0 Å². The van der Waals surface area contributed by atoms with Gasteiger partial charge in [0.25, 0.3) is 0 Å². The summed E-state index contributed by atoms with van der Waals surface area (Å²) in [6.45, 7) is 9.45. The molecular weight excluding hydrogens is 325 g/mol. The summed E-state index contributed by atoms with van der Waals surface area (Å²) in [4.78, 5) is 4.55. The molecule has 0 saturated carbocycles. The van der Waals surface area contributed by atoms with Crippen LogP contribution in [0.15, 0.2) is 4.99 Å². The minimum atomic E-state index is 0. The lowest BCUT2D eigenvalue weighted by Gasteiger charge is -2.10. The third-order valence-electron chi connectivity index (χ3n) is 2.45. The fourth-order valence-electron chi connectivity index (χ4n) is 1.45. The van der Waals surface area contributed by atoms with E-state index in [1.165, 1.54) is 38.5 Å². The average Bonchev–Trinajstić information content (AvgIpc) is 2.29. The summed E-state index contributed by atoms with van der Waals surface area (Å²) in [5.74, 6) is 0.979. The third kappa shape index (κ3) is 13.9. The highest BCUT2D eigenvalue weighted by Crippen LogP contribution is 1.98. The largest absolute Gasteiger partial charge is 0.357 e. The number of halogens is 1. The third-order valence-corrected chi connectivity index (χ3v) is 2.45. The van der Waals surface area contributed by atoms with Gasteiger partial charge >= 0.3 is 0 Å². The molecule has 0 heterocycles. The number of nitrogens with one attached hydrogen (secondary N) is 2. The Kier molecular flexibility index (Phi) is 18.2. The lowest BCUT2D eigenvalue weighted by atomic mass is 10.2. The van der Waals surface area contributed by atoms with Gasteiger partial charge < -0.3 is 10.6 Å². The van der Waals surface area contributed by atoms with Crippen LogP contribution in [0.25, 0.3) is 0 Å². The van der Waals surface area contributed by atoms with Gasteiger partial charge in [-0.25, -0.2) is 0 Å². The van der Waals surface area contributed by atoms with Gasteiger partial charge in [-0.05, 0) is 19.8 Å². The summed E-state index contributed by atoms with van der Waals surface area (Å²) in [5, 5.41) is 6.62. The molecule has 0 saturated heterocycles. The number of guanidine groups is 1. The first kappa shape index (κ1) is 19.3. The Morgan fingerprint density at radius 1 is 0.882 bits per heavy atom. The molecule has 4 heteroatoms. The summed E-state index contributed by atoms with van der Waals surface area (Å²) < 4.78 is 0. The van der Waals surface area contributed by atoms with Crippen molar-refractivity contribution >= 4 is 29.9 Å². The molecule has 3 nitrogen and oxygen atoms in total. The number of hydrogen-bond donors (Lipinski definition) is 2. The molecule has 0 spiro atoms. The summed E-state index contributed by atoms with van der Waals surface area (Å²) in [7, 11) is 0. The number of aliphatic imine (C=N–C) groups is 1. The van der Waals surface area contributed by atoms with E-state index in [0.29, 0.717) is 0 Å². The zero-order chi connectivity index (χ0) is 12.1. The van der Waals surface area contributed by atoms with Gasteiger partial charge in [-0.2, -0.15) is 0 Å². The fourth-order valence-corrected chi connectivity index (χ4v) is 1.45. The van der Waals surface area contributed by atoms with E-state index in [0.717, 1.165) is 25.6 Å². The van der Waals surface area contributed by atoms with Crippen LogP contribution in [0.4, 0.5) is 0 Å². The number of rotatable bonds is 9. The van der Waals surface area contributed by atoms with Crippen LogP contribution in [0.3, 0.4) is 0 Å². The van der Waals surface area contributed by atoms with Crippen molar-refractivity contribution in [3.05, 3.63) is 0 Å². The van der Waals surface area contributed by atoms with E-state index >= 15 is 0 Å². The topological polar surface area (TPSA) is 36.4 Å². The minimum absolute atomic E-state index is 0. The molecule has 0 rings (SSSR count). The van der Waals surface area contributed by atoms with E-state index < -0.39 is 0 Å². The molecule has 0 aromatic carbocycles. The molecule has 2 N–H and O–H groups in total. The zero-order valence-electron chi connectivity index (χ0n) is 11.7. The van der Waals surface area contributed by atoms with Crippen LogP contribution < -0.4 is 10.6 Å². The SMILES string of the molecule is CCCCCCN=C(NCC)NCCCC.I. The number of unbranched alkanes of at least 4 members (excludes halogenated alkanes) is 4. The Hall–Kier alpha value is 0. The molecule has 0 aliphatic heterocycles. The highest BCUT2D eigenvalue weighted by Gasteiger charge is 1.95. The van der Waals surface area contributed by atoms with E-state index in [2.05, 4.69) is 36.4 Å². The molecule has 0 aliphatic carbocycles. The number of hydrogen-bond acceptors (Lipinski definition) is 1. The molecule has 0 aromatic rings. The molecule has 0 bridgehead atoms. The Balaban J connectivity index is 0. The lowest BCUT2D eigenvalue weighted by molar-refractivity contribution is 0.668. The Morgan fingerprint density at radius 3 is 2.18 bits per heavy atom. The fraction of sp³-hybridized carbons (Fsp3) is 0.923. The van der Waals surface area contributed by atoms with Crippen LogP contribution in [0.5, 0.6) is 0 Å². The van der Waals surface area contributed by atoms with E-state index in [-0.39, 0.29) is 24.0 Å². The highest BCUT2D eigenvalue weighted by molar-refractivity contribution is 14.0. The van der Waals surface area contributed by atoms with Crippen LogP contribution in [0.1, 0.15) is 59.3 Å². The first-order valence-corrected chi connectivity index (χ1v) is 6.87. The normalized spacial score (nSPS) is 10.9. The highest BCUT2D eigenvalue weighted by atomic mass is 127. The second-order valence-electron chi connectivity index (χ2n) is 4.10. The standard InChI is InChI=1S/C13H29N3.HI/c1-4-7-9-10-12-16-13(14-6-3)15-11-8-5-2;/h4-12H2,1-3H3,(H2,14,15,16);1H. The van der Waals surface area contributed by atoms with Crippen molar-refractivity contribution < 1.29 is 0 Å². The lowest BCUT2D eigenvalue weighted by Crippen LogP contribution is -2.37. The van der Waals surface area contributed by atoms with Gasteiger partial charge in [0.2, 0.25) is 0 Å². The van der Waals surface area contributed by atoms with Crippen molar-refractivity contribution in [3.63, 3.8) is 0 Å². The monoisotopic (exact) mass is 355 g/mol. The first-order chi connectivity index (χ1) is 7.85. The molecule has 0 amide bonds. The molecular formula is C13H30IN3. The molecule has 0 aromatic heterocycles. The van der Waals surface area contributed by atoms with Crippen LogP contribution in [-0.4, -0.2) is 25.6 Å². The van der Waals surface area contributed by atoms with Crippen molar-refractivity contribution in [1.29, 1.82) is 0 Å². The van der Waals surface area contributed by atoms with E-state index in [9.17, 15) is 0 Å². The molecule has 0 aliphatic rings. The summed E-state index contributed by atoms with van der Waals surface area (Å²) in [5.41, 5.74) is 0. The zero-order valence-corrected chi connectivity index (χ0v) is 14.0. The van der Waals surface area contributed by atoms with Crippen molar-refractivity contribution in [2.24, 2.45) is 4.99 Å². The quantitative estimate of drug-likeness (QED) is 0.287. The van der Waals surface area contributed by atoms with Gasteiger partial charge in [-0.3, -0.25) is 4.99 Å². The van der Waals surface area contributed by atoms with Gasteiger partial charge in [-0.15, -0.1) is 24.0 Å². The second kappa shape index (κ2) is 16.0. The molecule has 17 heavy (non-hydrogen) atoms. The van der Waals surface area contributed by atoms with Crippen molar-refractivity contribution in [1.82, 2.24) is 10.6 Å². The van der Waals surface area contributed by atoms with Crippen molar-refractivity contribution in [2.45, 2.75) is 59.3 Å². The van der Waals surface area contributed by atoms with Crippen LogP contribution in [0, 0.1) is 0 Å². The Bertz CT molecular complexity index is 172. The first-order valence-electron chi connectivity index (χ1n) is 6.87. The van der Waals surface area contributed by atoms with Crippen LogP contribution in [0.2, 0.25) is 0 Å². The van der Waals surface area contributed by atoms with Crippen molar-refractivity contribution in [3.8, 4) is 0 Å². The maximum atomic E-state index is 4.55. The Labute approximate surface area is 124 Å². The number of nitrogens with zero attached hydrogens (tertiary/aromatic N) is 1. The molecule has 0 radical (unpaired) electrons. The maximum Gasteiger partial charge on any atom is 0.191 e. The smallest absolute Gasteiger partial charge is 0.191 e. The second-order valence-corrected chi connectivity index (χ2v) is 4.10. The molecule has 0 fully saturated rings. The van der Waals surface area contributed by atoms with E-state index in [1.54, 1.807) is 0 Å². The van der Waals surface area contributed by atoms with Crippen LogP contribution in [-0.2, 0) is 0 Å². The van der Waals surface area contributed by atoms with Crippen molar-refractivity contribution in [2.75, 3.05) is 19.6 Å². The molecule has 0 atom stereocenters. The predicted octanol–water partition coefficient (Wildman–Crippen LogP) is 3.54. The van der Waals surface area contributed by atoms with Gasteiger partial charge in [0.1, 0.15) is 0 Å². The average molecular weight is 355 g/mol. The van der Waals surface area contributed by atoms with Gasteiger partial charge in [0, 0.05) is 19.6 Å². The maximum absolute atomic E-state index is 4.55. The Morgan fingerprint density at radius 2 is 1.59 bits per heavy atom. The van der Waals surface area contributed by atoms with E-state index in [4.69, 9.17) is 0 Å². The van der Waals surface area contributed by atoms with Crippen LogP contribution >= 0.6 is 24.0 Å². The molecule has 0 unspecified atom stereocenters.